The van der Waals surface area contributed by atoms with Crippen LogP contribution in [0.15, 0.2) is 54.6 Å². The van der Waals surface area contributed by atoms with Gasteiger partial charge in [-0.25, -0.2) is 0 Å². The fraction of sp³-hybridized carbons (Fsp3) is 0.261. The molecule has 0 N–H and O–H groups in total. The molecule has 0 spiro atoms. The second-order valence-electron chi connectivity index (χ2n) is 6.44. The molecule has 0 nitrogen and oxygen atoms in total. The number of benzene rings is 2. The van der Waals surface area contributed by atoms with E-state index in [1.54, 1.807) is 11.1 Å². The van der Waals surface area contributed by atoms with Crippen molar-refractivity contribution >= 4 is 10.8 Å². The minimum absolute atomic E-state index is 0. The summed E-state index contributed by atoms with van der Waals surface area (Å²) < 4.78 is 0. The molecule has 0 heterocycles. The van der Waals surface area contributed by atoms with Crippen LogP contribution in [-0.4, -0.2) is 0 Å². The molecular weight excluding hydrogens is 455 g/mol. The van der Waals surface area contributed by atoms with Gasteiger partial charge in [0.2, 0.25) is 0 Å². The van der Waals surface area contributed by atoms with Crippen LogP contribution in [-0.2, 0) is 45.1 Å². The Labute approximate surface area is 166 Å². The third-order valence-corrected chi connectivity index (χ3v) is 4.97. The fourth-order valence-corrected chi connectivity index (χ4v) is 3.75. The number of fused-ring (bicyclic) bond motifs is 2. The molecule has 0 amide bonds. The molecular formula is C23H27Hf-3. The van der Waals surface area contributed by atoms with Gasteiger partial charge in [-0.2, -0.15) is 6.07 Å². The summed E-state index contributed by atoms with van der Waals surface area (Å²) in [6, 6.07) is 20.4. The van der Waals surface area contributed by atoms with Gasteiger partial charge in [-0.1, -0.05) is 54.8 Å². The first kappa shape index (κ1) is 21.0. The van der Waals surface area contributed by atoms with E-state index in [1.807, 2.05) is 0 Å². The van der Waals surface area contributed by atoms with Crippen LogP contribution in [0.3, 0.4) is 0 Å². The minimum Gasteiger partial charge on any atom is -0.358 e. The standard InChI is InChI=1S/C21H21.2CH3.Hf/c1-15(16-6-3-2-4-7-16)12-19-10-11-20-13-17-8-5-9-18(17)14-21(19)20;;;/h2-4,6-7,10-11,13-15H,5,8-9,12H2,1H3;2*1H3;/q3*-1;. The topological polar surface area (TPSA) is 0 Å². The molecule has 0 saturated carbocycles. The number of aryl methyl sites for hydroxylation is 2. The summed E-state index contributed by atoms with van der Waals surface area (Å²) in [5, 5.41) is 2.92. The fourth-order valence-electron chi connectivity index (χ4n) is 3.75. The second-order valence-corrected chi connectivity index (χ2v) is 6.44. The Kier molecular flexibility index (Phi) is 7.73. The van der Waals surface area contributed by atoms with Gasteiger partial charge in [-0.05, 0) is 30.7 Å². The molecule has 1 heteroatoms. The SMILES string of the molecule is CC(C[c-]1ccc2cc3c(cc21)CCC3)c1ccccc1.[CH3-].[CH3-].[Hf]. The van der Waals surface area contributed by atoms with Crippen molar-refractivity contribution in [1.82, 2.24) is 0 Å². The molecule has 0 bridgehead atoms. The van der Waals surface area contributed by atoms with Gasteiger partial charge < -0.3 is 14.9 Å². The minimum atomic E-state index is 0. The first-order valence-corrected chi connectivity index (χ1v) is 8.06. The molecule has 1 aliphatic rings. The zero-order valence-electron chi connectivity index (χ0n) is 15.1. The Hall–Kier alpha value is -1.08. The molecule has 24 heavy (non-hydrogen) atoms. The Morgan fingerprint density at radius 2 is 1.62 bits per heavy atom. The Balaban J connectivity index is 0.000000960. The van der Waals surface area contributed by atoms with E-state index in [1.165, 1.54) is 41.2 Å². The predicted molar refractivity (Wildman–Crippen MR) is 103 cm³/mol. The molecule has 0 fully saturated rings. The largest absolute Gasteiger partial charge is 0.358 e. The molecule has 0 aliphatic heterocycles. The molecule has 0 aromatic heterocycles. The van der Waals surface area contributed by atoms with E-state index in [9.17, 15) is 0 Å². The van der Waals surface area contributed by atoms with Crippen molar-refractivity contribution in [2.75, 3.05) is 0 Å². The number of rotatable bonds is 3. The zero-order chi connectivity index (χ0) is 14.2. The summed E-state index contributed by atoms with van der Waals surface area (Å²) in [6.45, 7) is 2.33. The van der Waals surface area contributed by atoms with Gasteiger partial charge in [0, 0.05) is 25.8 Å². The monoisotopic (exact) mass is 483 g/mol. The van der Waals surface area contributed by atoms with E-state index >= 15 is 0 Å². The van der Waals surface area contributed by atoms with Crippen molar-refractivity contribution in [2.24, 2.45) is 0 Å². The molecule has 4 rings (SSSR count). The summed E-state index contributed by atoms with van der Waals surface area (Å²) in [5.74, 6) is 0.574. The van der Waals surface area contributed by atoms with Crippen molar-refractivity contribution < 1.29 is 25.8 Å². The van der Waals surface area contributed by atoms with Gasteiger partial charge in [0.1, 0.15) is 0 Å². The van der Waals surface area contributed by atoms with Crippen LogP contribution in [0.4, 0.5) is 0 Å². The summed E-state index contributed by atoms with van der Waals surface area (Å²) in [4.78, 5) is 0. The van der Waals surface area contributed by atoms with Crippen molar-refractivity contribution in [3.05, 3.63) is 91.7 Å². The van der Waals surface area contributed by atoms with Crippen molar-refractivity contribution in [1.29, 1.82) is 0 Å². The quantitative estimate of drug-likeness (QED) is 0.304. The maximum absolute atomic E-state index is 2.46. The normalized spacial score (nSPS) is 13.4. The molecule has 126 valence electrons. The van der Waals surface area contributed by atoms with E-state index in [2.05, 4.69) is 61.5 Å². The Bertz CT molecular complexity index is 767. The average Bonchev–Trinajstić information content (AvgIpc) is 3.13. The van der Waals surface area contributed by atoms with Crippen LogP contribution < -0.4 is 0 Å². The van der Waals surface area contributed by atoms with Crippen LogP contribution in [0.2, 0.25) is 0 Å². The summed E-state index contributed by atoms with van der Waals surface area (Å²) in [6.07, 6.45) is 5.00. The smallest absolute Gasteiger partial charge is 0 e. The maximum atomic E-state index is 2.46. The molecule has 1 aliphatic carbocycles. The van der Waals surface area contributed by atoms with E-state index in [0.29, 0.717) is 5.92 Å². The molecule has 0 radical (unpaired) electrons. The Morgan fingerprint density at radius 3 is 2.33 bits per heavy atom. The first-order chi connectivity index (χ1) is 10.3. The van der Waals surface area contributed by atoms with E-state index in [-0.39, 0.29) is 40.7 Å². The van der Waals surface area contributed by atoms with Crippen molar-refractivity contribution in [2.45, 2.75) is 38.5 Å². The van der Waals surface area contributed by atoms with E-state index in [0.717, 1.165) is 6.42 Å². The third kappa shape index (κ3) is 3.94. The Morgan fingerprint density at radius 1 is 0.958 bits per heavy atom. The van der Waals surface area contributed by atoms with Gasteiger partial charge in [0.15, 0.2) is 0 Å². The molecule has 3 aromatic carbocycles. The van der Waals surface area contributed by atoms with E-state index in [4.69, 9.17) is 0 Å². The zero-order valence-corrected chi connectivity index (χ0v) is 18.7. The average molecular weight is 482 g/mol. The van der Waals surface area contributed by atoms with Crippen LogP contribution in [0.1, 0.15) is 41.5 Å². The van der Waals surface area contributed by atoms with Crippen LogP contribution in [0.5, 0.6) is 0 Å². The van der Waals surface area contributed by atoms with Crippen LogP contribution in [0.25, 0.3) is 10.8 Å². The van der Waals surface area contributed by atoms with Crippen molar-refractivity contribution in [3.8, 4) is 0 Å². The maximum Gasteiger partial charge on any atom is 0 e. The summed E-state index contributed by atoms with van der Waals surface area (Å²) in [5.41, 5.74) is 6.11. The number of hydrogen-bond acceptors (Lipinski definition) is 0. The van der Waals surface area contributed by atoms with Gasteiger partial charge in [-0.3, -0.25) is 0 Å². The van der Waals surface area contributed by atoms with Gasteiger partial charge in [0.05, 0.1) is 0 Å². The second kappa shape index (κ2) is 8.85. The molecule has 3 aromatic rings. The van der Waals surface area contributed by atoms with Crippen LogP contribution in [0, 0.1) is 14.9 Å². The summed E-state index contributed by atoms with van der Waals surface area (Å²) >= 11 is 0. The van der Waals surface area contributed by atoms with Gasteiger partial charge in [0.25, 0.3) is 0 Å². The molecule has 1 atom stereocenters. The van der Waals surface area contributed by atoms with Crippen molar-refractivity contribution in [3.63, 3.8) is 0 Å². The predicted octanol–water partition coefficient (Wildman–Crippen LogP) is 6.29. The summed E-state index contributed by atoms with van der Waals surface area (Å²) in [7, 11) is 0. The molecule has 1 unspecified atom stereocenters. The molecule has 0 saturated heterocycles. The first-order valence-electron chi connectivity index (χ1n) is 8.06. The van der Waals surface area contributed by atoms with Crippen LogP contribution >= 0.6 is 0 Å². The van der Waals surface area contributed by atoms with E-state index < -0.39 is 0 Å². The van der Waals surface area contributed by atoms with Gasteiger partial charge >= 0.3 is 0 Å². The number of hydrogen-bond donors (Lipinski definition) is 0. The van der Waals surface area contributed by atoms with Gasteiger partial charge in [-0.15, -0.1) is 34.5 Å². The third-order valence-electron chi connectivity index (χ3n) is 4.97.